The lowest BCUT2D eigenvalue weighted by Gasteiger charge is -2.31. The highest BCUT2D eigenvalue weighted by molar-refractivity contribution is 5.80. The summed E-state index contributed by atoms with van der Waals surface area (Å²) in [5, 5.41) is 11.6. The quantitative estimate of drug-likeness (QED) is 0.664. The van der Waals surface area contributed by atoms with Crippen molar-refractivity contribution in [1.82, 2.24) is 25.0 Å². The molecule has 2 aromatic rings. The summed E-state index contributed by atoms with van der Waals surface area (Å²) in [5.41, 5.74) is 2.80. The largest absolute Gasteiger partial charge is 0.357 e. The molecule has 6 nitrogen and oxygen atoms in total. The van der Waals surface area contributed by atoms with Gasteiger partial charge in [-0.15, -0.1) is 10.2 Å². The van der Waals surface area contributed by atoms with Gasteiger partial charge in [-0.25, -0.2) is 4.99 Å². The van der Waals surface area contributed by atoms with Crippen LogP contribution in [0.15, 0.2) is 47.2 Å². The summed E-state index contributed by atoms with van der Waals surface area (Å²) in [4.78, 5) is 7.13. The molecule has 1 aromatic heterocycles. The SMILES string of the molecule is CCNC(=NCc1nncn1CC)N1CCC(=Cc2ccccc2)CC1. The molecular formula is C20H28N6. The minimum atomic E-state index is 0.555. The summed E-state index contributed by atoms with van der Waals surface area (Å²) in [7, 11) is 0. The van der Waals surface area contributed by atoms with Gasteiger partial charge >= 0.3 is 0 Å². The summed E-state index contributed by atoms with van der Waals surface area (Å²) >= 11 is 0. The number of likely N-dealkylation sites (tertiary alicyclic amines) is 1. The van der Waals surface area contributed by atoms with E-state index in [9.17, 15) is 0 Å². The minimum absolute atomic E-state index is 0.555. The number of nitrogens with one attached hydrogen (secondary N) is 1. The molecule has 138 valence electrons. The standard InChI is InChI=1S/C20H28N6/c1-3-21-20(22-15-19-24-23-16-25(19)4-2)26-12-10-18(11-13-26)14-17-8-6-5-7-9-17/h5-9,14,16H,3-4,10-13,15H2,1-2H3,(H,21,22). The van der Waals surface area contributed by atoms with Gasteiger partial charge < -0.3 is 14.8 Å². The van der Waals surface area contributed by atoms with Crippen molar-refractivity contribution in [2.24, 2.45) is 4.99 Å². The van der Waals surface area contributed by atoms with Crippen LogP contribution in [0.5, 0.6) is 0 Å². The van der Waals surface area contributed by atoms with Crippen LogP contribution in [0.3, 0.4) is 0 Å². The van der Waals surface area contributed by atoms with Crippen molar-refractivity contribution in [2.75, 3.05) is 19.6 Å². The molecule has 1 aromatic carbocycles. The summed E-state index contributed by atoms with van der Waals surface area (Å²) in [6.07, 6.45) is 6.24. The Morgan fingerprint density at radius 2 is 1.96 bits per heavy atom. The van der Waals surface area contributed by atoms with E-state index < -0.39 is 0 Å². The van der Waals surface area contributed by atoms with E-state index in [0.717, 1.165) is 50.8 Å². The molecule has 1 aliphatic rings. The molecule has 26 heavy (non-hydrogen) atoms. The van der Waals surface area contributed by atoms with E-state index >= 15 is 0 Å². The highest BCUT2D eigenvalue weighted by Gasteiger charge is 2.17. The maximum Gasteiger partial charge on any atom is 0.194 e. The molecule has 0 bridgehead atoms. The van der Waals surface area contributed by atoms with Gasteiger partial charge in [-0.1, -0.05) is 42.0 Å². The second-order valence-corrected chi connectivity index (χ2v) is 6.40. The number of aromatic nitrogens is 3. The van der Waals surface area contributed by atoms with Crippen molar-refractivity contribution in [2.45, 2.75) is 39.8 Å². The predicted octanol–water partition coefficient (Wildman–Crippen LogP) is 2.94. The Morgan fingerprint density at radius 1 is 1.19 bits per heavy atom. The number of piperidine rings is 1. The highest BCUT2D eigenvalue weighted by Crippen LogP contribution is 2.19. The highest BCUT2D eigenvalue weighted by atomic mass is 15.3. The summed E-state index contributed by atoms with van der Waals surface area (Å²) in [6, 6.07) is 10.6. The Balaban J connectivity index is 1.63. The molecule has 0 saturated carbocycles. The maximum absolute atomic E-state index is 4.79. The Kier molecular flexibility index (Phi) is 6.41. The van der Waals surface area contributed by atoms with Crippen molar-refractivity contribution in [3.63, 3.8) is 0 Å². The average molecular weight is 352 g/mol. The second-order valence-electron chi connectivity index (χ2n) is 6.40. The van der Waals surface area contributed by atoms with Crippen LogP contribution in [0.25, 0.3) is 6.08 Å². The lowest BCUT2D eigenvalue weighted by atomic mass is 10.0. The molecule has 0 aliphatic carbocycles. The van der Waals surface area contributed by atoms with Gasteiger partial charge in [0.15, 0.2) is 11.8 Å². The third-order valence-corrected chi connectivity index (χ3v) is 4.62. The minimum Gasteiger partial charge on any atom is -0.357 e. The fourth-order valence-electron chi connectivity index (χ4n) is 3.17. The van der Waals surface area contributed by atoms with E-state index in [0.29, 0.717) is 6.54 Å². The van der Waals surface area contributed by atoms with Crippen LogP contribution < -0.4 is 5.32 Å². The third kappa shape index (κ3) is 4.71. The zero-order chi connectivity index (χ0) is 18.2. The number of benzene rings is 1. The first kappa shape index (κ1) is 18.2. The zero-order valence-corrected chi connectivity index (χ0v) is 15.7. The topological polar surface area (TPSA) is 58.3 Å². The van der Waals surface area contributed by atoms with Gasteiger partial charge in [-0.3, -0.25) is 0 Å². The normalized spacial score (nSPS) is 15.2. The molecule has 0 radical (unpaired) electrons. The van der Waals surface area contributed by atoms with Gasteiger partial charge in [0, 0.05) is 26.2 Å². The third-order valence-electron chi connectivity index (χ3n) is 4.62. The number of hydrogen-bond acceptors (Lipinski definition) is 3. The second kappa shape index (κ2) is 9.17. The molecule has 6 heteroatoms. The summed E-state index contributed by atoms with van der Waals surface area (Å²) in [6.45, 7) is 8.46. The Bertz CT molecular complexity index is 737. The molecule has 0 spiro atoms. The van der Waals surface area contributed by atoms with E-state index in [-0.39, 0.29) is 0 Å². The van der Waals surface area contributed by atoms with Gasteiger partial charge in [-0.2, -0.15) is 0 Å². The molecule has 1 N–H and O–H groups in total. The van der Waals surface area contributed by atoms with Gasteiger partial charge in [-0.05, 0) is 32.3 Å². The molecular weight excluding hydrogens is 324 g/mol. The predicted molar refractivity (Wildman–Crippen MR) is 106 cm³/mol. The number of rotatable bonds is 5. The van der Waals surface area contributed by atoms with Gasteiger partial charge in [0.25, 0.3) is 0 Å². The van der Waals surface area contributed by atoms with Crippen LogP contribution in [-0.4, -0.2) is 45.3 Å². The summed E-state index contributed by atoms with van der Waals surface area (Å²) in [5.74, 6) is 1.88. The van der Waals surface area contributed by atoms with E-state index in [1.807, 2.05) is 4.57 Å². The van der Waals surface area contributed by atoms with Crippen LogP contribution in [-0.2, 0) is 13.1 Å². The Morgan fingerprint density at radius 3 is 2.65 bits per heavy atom. The smallest absolute Gasteiger partial charge is 0.194 e. The van der Waals surface area contributed by atoms with Crippen molar-refractivity contribution < 1.29 is 0 Å². The van der Waals surface area contributed by atoms with Gasteiger partial charge in [0.2, 0.25) is 0 Å². The van der Waals surface area contributed by atoms with Crippen molar-refractivity contribution in [3.8, 4) is 0 Å². The fraction of sp³-hybridized carbons (Fsp3) is 0.450. The number of aliphatic imine (C=N–C) groups is 1. The van der Waals surface area contributed by atoms with E-state index in [4.69, 9.17) is 4.99 Å². The van der Waals surface area contributed by atoms with Gasteiger partial charge in [0.05, 0.1) is 0 Å². The molecule has 0 atom stereocenters. The first-order chi connectivity index (χ1) is 12.8. The lowest BCUT2D eigenvalue weighted by Crippen LogP contribution is -2.44. The van der Waals surface area contributed by atoms with Crippen molar-refractivity contribution in [3.05, 3.63) is 53.6 Å². The molecule has 0 amide bonds. The molecule has 3 rings (SSSR count). The number of nitrogens with zero attached hydrogens (tertiary/aromatic N) is 5. The Hall–Kier alpha value is -2.63. The molecule has 2 heterocycles. The lowest BCUT2D eigenvalue weighted by molar-refractivity contribution is 0.375. The van der Waals surface area contributed by atoms with E-state index in [1.54, 1.807) is 6.33 Å². The van der Waals surface area contributed by atoms with Crippen LogP contribution in [0, 0.1) is 0 Å². The zero-order valence-electron chi connectivity index (χ0n) is 15.7. The first-order valence-corrected chi connectivity index (χ1v) is 9.44. The van der Waals surface area contributed by atoms with E-state index in [2.05, 4.69) is 70.7 Å². The average Bonchev–Trinajstić information content (AvgIpc) is 3.14. The molecule has 0 unspecified atom stereocenters. The number of guanidine groups is 1. The fourth-order valence-corrected chi connectivity index (χ4v) is 3.17. The molecule has 1 saturated heterocycles. The first-order valence-electron chi connectivity index (χ1n) is 9.44. The molecule has 1 fully saturated rings. The van der Waals surface area contributed by atoms with E-state index in [1.165, 1.54) is 11.1 Å². The molecule has 1 aliphatic heterocycles. The van der Waals surface area contributed by atoms with Crippen molar-refractivity contribution >= 4 is 12.0 Å². The number of hydrogen-bond donors (Lipinski definition) is 1. The van der Waals surface area contributed by atoms with Crippen LogP contribution >= 0.6 is 0 Å². The van der Waals surface area contributed by atoms with Crippen molar-refractivity contribution in [1.29, 1.82) is 0 Å². The summed E-state index contributed by atoms with van der Waals surface area (Å²) < 4.78 is 2.03. The number of aryl methyl sites for hydroxylation is 1. The van der Waals surface area contributed by atoms with Crippen LogP contribution in [0.2, 0.25) is 0 Å². The monoisotopic (exact) mass is 352 g/mol. The Labute approximate surface area is 155 Å². The maximum atomic E-state index is 4.79. The van der Waals surface area contributed by atoms with Gasteiger partial charge in [0.1, 0.15) is 12.9 Å². The van der Waals surface area contributed by atoms with Crippen LogP contribution in [0.1, 0.15) is 38.1 Å². The van der Waals surface area contributed by atoms with Crippen LogP contribution in [0.4, 0.5) is 0 Å².